The van der Waals surface area contributed by atoms with Crippen molar-refractivity contribution in [2.24, 2.45) is 11.8 Å². The van der Waals surface area contributed by atoms with Gasteiger partial charge in [0.2, 0.25) is 0 Å². The molecule has 23 heavy (non-hydrogen) atoms. The molecule has 1 saturated heterocycles. The third-order valence-electron chi connectivity index (χ3n) is 3.96. The fourth-order valence-electron chi connectivity index (χ4n) is 2.80. The molecule has 2 unspecified atom stereocenters. The second-order valence-corrected chi connectivity index (χ2v) is 6.32. The van der Waals surface area contributed by atoms with E-state index in [0.717, 1.165) is 5.56 Å². The van der Waals surface area contributed by atoms with Crippen molar-refractivity contribution in [3.63, 3.8) is 0 Å². The Labute approximate surface area is 140 Å². The van der Waals surface area contributed by atoms with Gasteiger partial charge in [0.25, 0.3) is 0 Å². The third-order valence-corrected chi connectivity index (χ3v) is 4.27. The van der Waals surface area contributed by atoms with Crippen LogP contribution in [-0.4, -0.2) is 42.2 Å². The number of hydrogen-bond acceptors (Lipinski definition) is 3. The van der Waals surface area contributed by atoms with E-state index < -0.39 is 11.9 Å². The minimum absolute atomic E-state index is 0.172. The summed E-state index contributed by atoms with van der Waals surface area (Å²) in [6.07, 6.45) is 0.605. The molecule has 7 heteroatoms. The summed E-state index contributed by atoms with van der Waals surface area (Å²) in [7, 11) is 1.53. The van der Waals surface area contributed by atoms with Crippen LogP contribution in [0.25, 0.3) is 0 Å². The minimum Gasteiger partial charge on any atom is -0.495 e. The van der Waals surface area contributed by atoms with Gasteiger partial charge in [-0.2, -0.15) is 0 Å². The minimum atomic E-state index is -0.850. The van der Waals surface area contributed by atoms with Gasteiger partial charge in [-0.25, -0.2) is 4.79 Å². The number of likely N-dealkylation sites (tertiary alicyclic amines) is 1. The molecule has 1 aliphatic rings. The van der Waals surface area contributed by atoms with E-state index in [-0.39, 0.29) is 18.5 Å². The highest BCUT2D eigenvalue weighted by Crippen LogP contribution is 2.25. The fourth-order valence-corrected chi connectivity index (χ4v) is 2.99. The van der Waals surface area contributed by atoms with Gasteiger partial charge in [0, 0.05) is 19.6 Å². The standard InChI is InChI=1S/C16H21ClN2O4/c1-10-5-12(15(20)21)9-19(8-10)16(22)18-7-11-3-4-13(17)14(6-11)23-2/h3-4,6,10,12H,5,7-9H2,1-2H3,(H,18,22)(H,20,21). The Bertz CT molecular complexity index is 593. The third kappa shape index (κ3) is 4.51. The molecule has 2 amide bonds. The maximum absolute atomic E-state index is 12.3. The number of amides is 2. The topological polar surface area (TPSA) is 78.9 Å². The molecule has 0 aliphatic carbocycles. The summed E-state index contributed by atoms with van der Waals surface area (Å²) in [4.78, 5) is 25.0. The Morgan fingerprint density at radius 1 is 1.43 bits per heavy atom. The lowest BCUT2D eigenvalue weighted by Crippen LogP contribution is -2.49. The number of benzene rings is 1. The number of nitrogens with one attached hydrogen (secondary N) is 1. The van der Waals surface area contributed by atoms with E-state index in [4.69, 9.17) is 21.4 Å². The summed E-state index contributed by atoms with van der Waals surface area (Å²) in [5.41, 5.74) is 0.861. The van der Waals surface area contributed by atoms with Crippen molar-refractivity contribution >= 4 is 23.6 Å². The van der Waals surface area contributed by atoms with Crippen molar-refractivity contribution in [2.75, 3.05) is 20.2 Å². The van der Waals surface area contributed by atoms with Crippen LogP contribution in [-0.2, 0) is 11.3 Å². The average Bonchev–Trinajstić information content (AvgIpc) is 2.53. The normalized spacial score (nSPS) is 20.9. The number of ether oxygens (including phenoxy) is 1. The van der Waals surface area contributed by atoms with E-state index in [1.165, 1.54) is 7.11 Å². The number of nitrogens with zero attached hydrogens (tertiary/aromatic N) is 1. The SMILES string of the molecule is COc1cc(CNC(=O)N2CC(C)CC(C(=O)O)C2)ccc1Cl. The first-order valence-corrected chi connectivity index (χ1v) is 7.86. The number of urea groups is 1. The smallest absolute Gasteiger partial charge is 0.317 e. The first-order valence-electron chi connectivity index (χ1n) is 7.48. The quantitative estimate of drug-likeness (QED) is 0.883. The molecule has 0 spiro atoms. The highest BCUT2D eigenvalue weighted by molar-refractivity contribution is 6.32. The van der Waals surface area contributed by atoms with Crippen LogP contribution < -0.4 is 10.1 Å². The van der Waals surface area contributed by atoms with E-state index in [1.54, 1.807) is 17.0 Å². The Balaban J connectivity index is 1.95. The molecule has 0 saturated carbocycles. The number of methoxy groups -OCH3 is 1. The van der Waals surface area contributed by atoms with Crippen molar-refractivity contribution in [2.45, 2.75) is 19.9 Å². The number of carboxylic acid groups (broad SMARTS) is 1. The van der Waals surface area contributed by atoms with E-state index in [9.17, 15) is 9.59 Å². The van der Waals surface area contributed by atoms with Crippen molar-refractivity contribution in [3.8, 4) is 5.75 Å². The molecule has 1 fully saturated rings. The number of aliphatic carboxylic acids is 1. The van der Waals surface area contributed by atoms with E-state index in [2.05, 4.69) is 5.32 Å². The van der Waals surface area contributed by atoms with Gasteiger partial charge in [-0.3, -0.25) is 4.79 Å². The molecule has 1 heterocycles. The second-order valence-electron chi connectivity index (χ2n) is 5.91. The summed E-state index contributed by atoms with van der Waals surface area (Å²) in [6.45, 7) is 3.10. The lowest BCUT2D eigenvalue weighted by molar-refractivity contribution is -0.143. The van der Waals surface area contributed by atoms with Crippen LogP contribution in [0.4, 0.5) is 4.79 Å². The van der Waals surface area contributed by atoms with Crippen LogP contribution >= 0.6 is 11.6 Å². The largest absolute Gasteiger partial charge is 0.495 e. The molecule has 2 N–H and O–H groups in total. The molecule has 126 valence electrons. The number of piperidine rings is 1. The average molecular weight is 341 g/mol. The van der Waals surface area contributed by atoms with Gasteiger partial charge in [-0.15, -0.1) is 0 Å². The summed E-state index contributed by atoms with van der Waals surface area (Å²) in [6, 6.07) is 5.04. The highest BCUT2D eigenvalue weighted by Gasteiger charge is 2.31. The Morgan fingerprint density at radius 3 is 2.83 bits per heavy atom. The number of hydrogen-bond donors (Lipinski definition) is 2. The number of carbonyl (C=O) groups excluding carboxylic acids is 1. The number of halogens is 1. The predicted octanol–water partition coefficient (Wildman–Crippen LogP) is 2.60. The van der Waals surface area contributed by atoms with Crippen molar-refractivity contribution < 1.29 is 19.4 Å². The van der Waals surface area contributed by atoms with Crippen molar-refractivity contribution in [1.82, 2.24) is 10.2 Å². The summed E-state index contributed by atoms with van der Waals surface area (Å²) >= 11 is 5.97. The van der Waals surface area contributed by atoms with Crippen LogP contribution in [0, 0.1) is 11.8 Å². The zero-order valence-electron chi connectivity index (χ0n) is 13.2. The number of carboxylic acids is 1. The van der Waals surface area contributed by atoms with E-state index in [1.807, 2.05) is 13.0 Å². The van der Waals surface area contributed by atoms with Crippen LogP contribution in [0.5, 0.6) is 5.75 Å². The van der Waals surface area contributed by atoms with Gasteiger partial charge in [0.1, 0.15) is 5.75 Å². The monoisotopic (exact) mass is 340 g/mol. The zero-order chi connectivity index (χ0) is 17.0. The Morgan fingerprint density at radius 2 is 2.17 bits per heavy atom. The predicted molar refractivity (Wildman–Crippen MR) is 86.7 cm³/mol. The van der Waals surface area contributed by atoms with E-state index >= 15 is 0 Å². The van der Waals surface area contributed by atoms with E-state index in [0.29, 0.717) is 30.3 Å². The summed E-state index contributed by atoms with van der Waals surface area (Å²) in [5.74, 6) is -0.626. The molecular weight excluding hydrogens is 320 g/mol. The maximum Gasteiger partial charge on any atom is 0.317 e. The van der Waals surface area contributed by atoms with Gasteiger partial charge in [-0.05, 0) is 30.0 Å². The van der Waals surface area contributed by atoms with Gasteiger partial charge in [0.15, 0.2) is 0 Å². The molecule has 1 aromatic rings. The van der Waals surface area contributed by atoms with Crippen LogP contribution in [0.15, 0.2) is 18.2 Å². The number of carbonyl (C=O) groups is 2. The molecule has 2 atom stereocenters. The van der Waals surface area contributed by atoms with Crippen LogP contribution in [0.2, 0.25) is 5.02 Å². The van der Waals surface area contributed by atoms with Crippen LogP contribution in [0.1, 0.15) is 18.9 Å². The zero-order valence-corrected chi connectivity index (χ0v) is 14.0. The lowest BCUT2D eigenvalue weighted by atomic mass is 9.91. The second kappa shape index (κ2) is 7.55. The summed E-state index contributed by atoms with van der Waals surface area (Å²) < 4.78 is 5.14. The van der Waals surface area contributed by atoms with Gasteiger partial charge in [0.05, 0.1) is 18.1 Å². The first-order chi connectivity index (χ1) is 10.9. The number of rotatable bonds is 4. The molecule has 0 radical (unpaired) electrons. The molecule has 1 aromatic carbocycles. The Kier molecular flexibility index (Phi) is 5.71. The Hall–Kier alpha value is -1.95. The lowest BCUT2D eigenvalue weighted by Gasteiger charge is -2.34. The first kappa shape index (κ1) is 17.4. The van der Waals surface area contributed by atoms with Gasteiger partial charge >= 0.3 is 12.0 Å². The van der Waals surface area contributed by atoms with Crippen molar-refractivity contribution in [3.05, 3.63) is 28.8 Å². The van der Waals surface area contributed by atoms with Crippen molar-refractivity contribution in [1.29, 1.82) is 0 Å². The fraction of sp³-hybridized carbons (Fsp3) is 0.500. The van der Waals surface area contributed by atoms with Gasteiger partial charge in [-0.1, -0.05) is 24.6 Å². The molecule has 2 rings (SSSR count). The molecular formula is C16H21ClN2O4. The molecule has 0 bridgehead atoms. The molecule has 0 aromatic heterocycles. The molecule has 6 nitrogen and oxygen atoms in total. The maximum atomic E-state index is 12.3. The van der Waals surface area contributed by atoms with Gasteiger partial charge < -0.3 is 20.1 Å². The highest BCUT2D eigenvalue weighted by atomic mass is 35.5. The van der Waals surface area contributed by atoms with Crippen LogP contribution in [0.3, 0.4) is 0 Å². The summed E-state index contributed by atoms with van der Waals surface area (Å²) in [5, 5.41) is 12.5. The molecule has 1 aliphatic heterocycles.